The molecule has 1 amide bonds. The van der Waals surface area contributed by atoms with E-state index >= 15 is 0 Å². The number of aromatic amines is 1. The Balaban J connectivity index is 1.76. The summed E-state index contributed by atoms with van der Waals surface area (Å²) in [5.41, 5.74) is 2.55. The molecule has 1 aromatic heterocycles. The van der Waals surface area contributed by atoms with Crippen molar-refractivity contribution in [3.8, 4) is 0 Å². The summed E-state index contributed by atoms with van der Waals surface area (Å²) >= 11 is 6.27. The molecule has 3 aromatic rings. The number of ether oxygens (including phenoxy) is 2. The van der Waals surface area contributed by atoms with Crippen LogP contribution < -0.4 is 5.32 Å². The molecule has 0 saturated heterocycles. The van der Waals surface area contributed by atoms with Gasteiger partial charge in [-0.25, -0.2) is 9.59 Å². The fraction of sp³-hybridized carbons (Fsp3) is 0.250. The molecule has 0 aliphatic carbocycles. The molecule has 1 unspecified atom stereocenters. The zero-order valence-electron chi connectivity index (χ0n) is 15.6. The van der Waals surface area contributed by atoms with E-state index in [2.05, 4.69) is 15.5 Å². The number of halogens is 1. The quantitative estimate of drug-likeness (QED) is 0.509. The van der Waals surface area contributed by atoms with Crippen LogP contribution in [0.2, 0.25) is 5.02 Å². The Kier molecular flexibility index (Phi) is 6.69. The lowest BCUT2D eigenvalue weighted by Crippen LogP contribution is -2.43. The number of carbonyl (C=O) groups excluding carboxylic acids is 2. The molecule has 0 aliphatic rings. The Morgan fingerprint density at radius 2 is 2.07 bits per heavy atom. The number of amides is 1. The SMILES string of the molecule is COC(=O)C(Cc1cc(Cl)c2[nH]ncc2c1CO)NC(=O)OCc1ccccc1. The fourth-order valence-corrected chi connectivity index (χ4v) is 3.29. The number of methoxy groups -OCH3 is 1. The molecular formula is C20H20ClN3O5. The van der Waals surface area contributed by atoms with Crippen LogP contribution in [-0.2, 0) is 33.9 Å². The van der Waals surface area contributed by atoms with Gasteiger partial charge in [-0.15, -0.1) is 0 Å². The lowest BCUT2D eigenvalue weighted by atomic mass is 9.97. The van der Waals surface area contributed by atoms with Gasteiger partial charge in [0.1, 0.15) is 12.6 Å². The Morgan fingerprint density at radius 1 is 1.31 bits per heavy atom. The second-order valence-electron chi connectivity index (χ2n) is 6.30. The lowest BCUT2D eigenvalue weighted by molar-refractivity contribution is -0.143. The molecule has 3 N–H and O–H groups in total. The van der Waals surface area contributed by atoms with E-state index in [0.29, 0.717) is 27.1 Å². The summed E-state index contributed by atoms with van der Waals surface area (Å²) in [7, 11) is 1.23. The number of carbonyl (C=O) groups is 2. The number of H-pyrrole nitrogens is 1. The summed E-state index contributed by atoms with van der Waals surface area (Å²) in [5.74, 6) is -0.644. The van der Waals surface area contributed by atoms with Crippen LogP contribution in [0.5, 0.6) is 0 Å². The number of hydrogen-bond donors (Lipinski definition) is 3. The van der Waals surface area contributed by atoms with Crippen molar-refractivity contribution in [2.24, 2.45) is 0 Å². The number of hydrogen-bond acceptors (Lipinski definition) is 6. The standard InChI is InChI=1S/C20H20ClN3O5/c1-28-19(26)17(23-20(27)29-11-12-5-3-2-4-6-12)8-13-7-16(21)18-14(9-22-24-18)15(13)10-25/h2-7,9,17,25H,8,10-11H2,1H3,(H,22,24)(H,23,27). The maximum atomic E-state index is 12.2. The second kappa shape index (κ2) is 9.40. The minimum atomic E-state index is -1.02. The predicted molar refractivity (Wildman–Crippen MR) is 106 cm³/mol. The van der Waals surface area contributed by atoms with E-state index in [-0.39, 0.29) is 19.6 Å². The maximum absolute atomic E-state index is 12.2. The summed E-state index contributed by atoms with van der Waals surface area (Å²) < 4.78 is 9.98. The Bertz CT molecular complexity index is 1010. The Hall–Kier alpha value is -3.10. The highest BCUT2D eigenvalue weighted by Crippen LogP contribution is 2.29. The first-order valence-corrected chi connectivity index (χ1v) is 9.20. The van der Waals surface area contributed by atoms with E-state index in [1.54, 1.807) is 12.3 Å². The third kappa shape index (κ3) is 4.85. The Labute approximate surface area is 171 Å². The van der Waals surface area contributed by atoms with Gasteiger partial charge in [0, 0.05) is 11.8 Å². The van der Waals surface area contributed by atoms with Crippen LogP contribution in [0.3, 0.4) is 0 Å². The number of nitrogens with zero attached hydrogens (tertiary/aromatic N) is 1. The average Bonchev–Trinajstić information content (AvgIpc) is 3.22. The monoisotopic (exact) mass is 417 g/mol. The van der Waals surface area contributed by atoms with E-state index < -0.39 is 18.1 Å². The molecule has 0 aliphatic heterocycles. The van der Waals surface area contributed by atoms with Crippen LogP contribution >= 0.6 is 11.6 Å². The Morgan fingerprint density at radius 3 is 2.76 bits per heavy atom. The molecule has 152 valence electrons. The maximum Gasteiger partial charge on any atom is 0.408 e. The van der Waals surface area contributed by atoms with Gasteiger partial charge in [0.15, 0.2) is 0 Å². The van der Waals surface area contributed by atoms with Gasteiger partial charge in [-0.1, -0.05) is 41.9 Å². The molecule has 0 bridgehead atoms. The van der Waals surface area contributed by atoms with Gasteiger partial charge in [-0.2, -0.15) is 5.10 Å². The molecule has 1 heterocycles. The van der Waals surface area contributed by atoms with E-state index in [9.17, 15) is 14.7 Å². The molecular weight excluding hydrogens is 398 g/mol. The molecule has 2 aromatic carbocycles. The molecule has 3 rings (SSSR count). The van der Waals surface area contributed by atoms with Gasteiger partial charge in [0.25, 0.3) is 0 Å². The highest BCUT2D eigenvalue weighted by molar-refractivity contribution is 6.35. The van der Waals surface area contributed by atoms with Crippen LogP contribution in [0.15, 0.2) is 42.6 Å². The van der Waals surface area contributed by atoms with Gasteiger partial charge in [-0.3, -0.25) is 5.10 Å². The largest absolute Gasteiger partial charge is 0.467 e. The van der Waals surface area contributed by atoms with Crippen molar-refractivity contribution in [2.75, 3.05) is 7.11 Å². The van der Waals surface area contributed by atoms with Gasteiger partial charge in [0.05, 0.1) is 30.5 Å². The topological polar surface area (TPSA) is 114 Å². The van der Waals surface area contributed by atoms with E-state index in [0.717, 1.165) is 5.56 Å². The summed E-state index contributed by atoms with van der Waals surface area (Å²) in [6, 6.07) is 9.77. The summed E-state index contributed by atoms with van der Waals surface area (Å²) in [5, 5.41) is 20.1. The smallest absolute Gasteiger partial charge is 0.408 e. The number of alkyl carbamates (subject to hydrolysis) is 1. The number of aliphatic hydroxyl groups is 1. The summed E-state index contributed by atoms with van der Waals surface area (Å²) in [6.07, 6.45) is 0.847. The minimum absolute atomic E-state index is 0.0594. The van der Waals surface area contributed by atoms with Crippen LogP contribution in [-0.4, -0.2) is 40.5 Å². The molecule has 29 heavy (non-hydrogen) atoms. The fourth-order valence-electron chi connectivity index (χ4n) is 3.01. The van der Waals surface area contributed by atoms with E-state index in [4.69, 9.17) is 21.1 Å². The molecule has 1 atom stereocenters. The molecule has 0 saturated carbocycles. The number of fused-ring (bicyclic) bond motifs is 1. The van der Waals surface area contributed by atoms with Crippen LogP contribution in [0, 0.1) is 0 Å². The molecule has 8 nitrogen and oxygen atoms in total. The number of aromatic nitrogens is 2. The molecule has 9 heteroatoms. The predicted octanol–water partition coefficient (Wildman–Crippen LogP) is 2.72. The average molecular weight is 418 g/mol. The van der Waals surface area contributed by atoms with Crippen molar-refractivity contribution < 1.29 is 24.2 Å². The summed E-state index contributed by atoms with van der Waals surface area (Å²) in [4.78, 5) is 24.4. The number of rotatable bonds is 7. The molecule has 0 fully saturated rings. The van der Waals surface area contributed by atoms with Crippen molar-refractivity contribution in [1.82, 2.24) is 15.5 Å². The zero-order chi connectivity index (χ0) is 20.8. The first kappa shape index (κ1) is 20.6. The summed E-state index contributed by atoms with van der Waals surface area (Å²) in [6.45, 7) is -0.218. The third-order valence-electron chi connectivity index (χ3n) is 4.46. The van der Waals surface area contributed by atoms with Crippen LogP contribution in [0.25, 0.3) is 10.9 Å². The van der Waals surface area contributed by atoms with E-state index in [1.165, 1.54) is 7.11 Å². The molecule has 0 spiro atoms. The normalized spacial score (nSPS) is 11.8. The van der Waals surface area contributed by atoms with Crippen LogP contribution in [0.1, 0.15) is 16.7 Å². The highest BCUT2D eigenvalue weighted by Gasteiger charge is 2.25. The van der Waals surface area contributed by atoms with Crippen LogP contribution in [0.4, 0.5) is 4.79 Å². The van der Waals surface area contributed by atoms with Gasteiger partial charge in [0.2, 0.25) is 0 Å². The lowest BCUT2D eigenvalue weighted by Gasteiger charge is -2.18. The van der Waals surface area contributed by atoms with Crippen molar-refractivity contribution in [3.05, 3.63) is 64.3 Å². The van der Waals surface area contributed by atoms with Gasteiger partial charge in [-0.05, 0) is 22.8 Å². The second-order valence-corrected chi connectivity index (χ2v) is 6.71. The third-order valence-corrected chi connectivity index (χ3v) is 4.76. The van der Waals surface area contributed by atoms with Gasteiger partial charge < -0.3 is 19.9 Å². The van der Waals surface area contributed by atoms with Crippen molar-refractivity contribution in [2.45, 2.75) is 25.7 Å². The number of nitrogens with one attached hydrogen (secondary N) is 2. The first-order valence-electron chi connectivity index (χ1n) is 8.82. The highest BCUT2D eigenvalue weighted by atomic mass is 35.5. The van der Waals surface area contributed by atoms with Crippen molar-refractivity contribution in [3.63, 3.8) is 0 Å². The number of benzene rings is 2. The number of esters is 1. The van der Waals surface area contributed by atoms with E-state index in [1.807, 2.05) is 30.3 Å². The van der Waals surface area contributed by atoms with Crippen molar-refractivity contribution >= 4 is 34.6 Å². The number of aliphatic hydroxyl groups excluding tert-OH is 1. The minimum Gasteiger partial charge on any atom is -0.467 e. The first-order chi connectivity index (χ1) is 14.0. The zero-order valence-corrected chi connectivity index (χ0v) is 16.4. The van der Waals surface area contributed by atoms with Gasteiger partial charge >= 0.3 is 12.1 Å². The van der Waals surface area contributed by atoms with Crippen molar-refractivity contribution in [1.29, 1.82) is 0 Å². The molecule has 0 radical (unpaired) electrons.